The minimum Gasteiger partial charge on any atom is -0.457 e. The van der Waals surface area contributed by atoms with Crippen LogP contribution in [0, 0.1) is 0 Å². The molecule has 0 spiro atoms. The summed E-state index contributed by atoms with van der Waals surface area (Å²) in [6, 6.07) is 26.6. The van der Waals surface area contributed by atoms with Gasteiger partial charge in [-0.05, 0) is 24.6 Å². The Bertz CT molecular complexity index is 955. The number of nitrogens with one attached hydrogen (secondary N) is 1. The minimum atomic E-state index is -0.0907. The second kappa shape index (κ2) is 8.00. The first kappa shape index (κ1) is 19.1. The Balaban J connectivity index is 1.86. The highest BCUT2D eigenvalue weighted by Crippen LogP contribution is 2.51. The van der Waals surface area contributed by atoms with Crippen molar-refractivity contribution in [3.05, 3.63) is 95.6 Å². The Hall–Kier alpha value is -3.27. The highest BCUT2D eigenvalue weighted by atomic mass is 16.5. The lowest BCUT2D eigenvalue weighted by molar-refractivity contribution is 0.211. The van der Waals surface area contributed by atoms with Gasteiger partial charge in [0, 0.05) is 43.1 Å². The summed E-state index contributed by atoms with van der Waals surface area (Å²) in [5.41, 5.74) is 3.48. The van der Waals surface area contributed by atoms with Crippen LogP contribution in [0.5, 0.6) is 11.5 Å². The van der Waals surface area contributed by atoms with E-state index in [1.807, 2.05) is 42.5 Å². The van der Waals surface area contributed by atoms with Crippen molar-refractivity contribution in [3.63, 3.8) is 0 Å². The Morgan fingerprint density at radius 3 is 1.93 bits per heavy atom. The average molecular weight is 386 g/mol. The zero-order chi connectivity index (χ0) is 20.4. The second-order valence-electron chi connectivity index (χ2n) is 7.72. The zero-order valence-corrected chi connectivity index (χ0v) is 17.0. The van der Waals surface area contributed by atoms with Crippen LogP contribution in [0.4, 0.5) is 4.79 Å². The van der Waals surface area contributed by atoms with Crippen LogP contribution in [0.3, 0.4) is 0 Å². The molecule has 1 N–H and O–H groups in total. The second-order valence-corrected chi connectivity index (χ2v) is 7.72. The standard InChI is InChI=1S/C25H26N2O2/c1-17(26-25(28)27(2)3)23(18-11-5-4-6-12-18)24-19-13-7-9-15-21(19)29-22-16-10-8-14-20(22)24/h4-17,23-24H,1-3H3,(H,26,28)/t17-,23+/m1/s1. The molecule has 2 atom stereocenters. The van der Waals surface area contributed by atoms with E-state index in [2.05, 4.69) is 48.6 Å². The Kier molecular flexibility index (Phi) is 5.26. The van der Waals surface area contributed by atoms with Crippen LogP contribution in [0.2, 0.25) is 0 Å². The van der Waals surface area contributed by atoms with Crippen molar-refractivity contribution < 1.29 is 9.53 Å². The fraction of sp³-hybridized carbons (Fsp3) is 0.240. The molecular formula is C25H26N2O2. The van der Waals surface area contributed by atoms with Gasteiger partial charge in [0.2, 0.25) is 0 Å². The Morgan fingerprint density at radius 2 is 1.38 bits per heavy atom. The predicted molar refractivity (Wildman–Crippen MR) is 116 cm³/mol. The van der Waals surface area contributed by atoms with E-state index in [9.17, 15) is 4.79 Å². The van der Waals surface area contributed by atoms with Crippen LogP contribution < -0.4 is 10.1 Å². The molecule has 2 amide bonds. The third-order valence-electron chi connectivity index (χ3n) is 5.57. The first-order chi connectivity index (χ1) is 14.1. The van der Waals surface area contributed by atoms with Crippen molar-refractivity contribution in [2.75, 3.05) is 14.1 Å². The third-order valence-corrected chi connectivity index (χ3v) is 5.57. The van der Waals surface area contributed by atoms with Crippen LogP contribution in [0.15, 0.2) is 78.9 Å². The normalized spacial score (nSPS) is 14.7. The smallest absolute Gasteiger partial charge is 0.317 e. The van der Waals surface area contributed by atoms with Crippen LogP contribution in [0.1, 0.15) is 35.4 Å². The van der Waals surface area contributed by atoms with E-state index in [-0.39, 0.29) is 23.9 Å². The number of amides is 2. The van der Waals surface area contributed by atoms with Crippen LogP contribution >= 0.6 is 0 Å². The minimum absolute atomic E-state index is 0.0475. The van der Waals surface area contributed by atoms with Gasteiger partial charge in [0.05, 0.1) is 0 Å². The van der Waals surface area contributed by atoms with E-state index < -0.39 is 0 Å². The highest BCUT2D eigenvalue weighted by molar-refractivity contribution is 5.74. The molecule has 3 aromatic carbocycles. The molecule has 3 aromatic rings. The molecule has 4 rings (SSSR count). The van der Waals surface area contributed by atoms with Gasteiger partial charge in [-0.25, -0.2) is 4.79 Å². The zero-order valence-electron chi connectivity index (χ0n) is 17.0. The van der Waals surface area contributed by atoms with Crippen molar-refractivity contribution in [3.8, 4) is 11.5 Å². The summed E-state index contributed by atoms with van der Waals surface area (Å²) >= 11 is 0. The van der Waals surface area contributed by atoms with E-state index in [1.54, 1.807) is 19.0 Å². The number of para-hydroxylation sites is 2. The number of hydrogen-bond donors (Lipinski definition) is 1. The molecule has 0 saturated carbocycles. The van der Waals surface area contributed by atoms with E-state index in [1.165, 1.54) is 5.56 Å². The molecule has 0 radical (unpaired) electrons. The maximum atomic E-state index is 12.5. The van der Waals surface area contributed by atoms with Crippen molar-refractivity contribution >= 4 is 6.03 Å². The molecule has 0 saturated heterocycles. The lowest BCUT2D eigenvalue weighted by Crippen LogP contribution is -2.44. The Morgan fingerprint density at radius 1 is 0.862 bits per heavy atom. The summed E-state index contributed by atoms with van der Waals surface area (Å²) in [7, 11) is 3.53. The fourth-order valence-electron chi connectivity index (χ4n) is 4.19. The lowest BCUT2D eigenvalue weighted by Gasteiger charge is -2.37. The average Bonchev–Trinajstić information content (AvgIpc) is 2.74. The van der Waals surface area contributed by atoms with Gasteiger partial charge in [-0.15, -0.1) is 0 Å². The maximum Gasteiger partial charge on any atom is 0.317 e. The fourth-order valence-corrected chi connectivity index (χ4v) is 4.19. The summed E-state index contributed by atoms with van der Waals surface area (Å²) in [5, 5.41) is 3.18. The van der Waals surface area contributed by atoms with E-state index >= 15 is 0 Å². The summed E-state index contributed by atoms with van der Waals surface area (Å²) in [5.74, 6) is 1.87. The molecule has 1 heterocycles. The van der Waals surface area contributed by atoms with Gasteiger partial charge in [-0.1, -0.05) is 66.7 Å². The molecule has 0 aromatic heterocycles. The number of carbonyl (C=O) groups excluding carboxylic acids is 1. The molecule has 0 fully saturated rings. The highest BCUT2D eigenvalue weighted by Gasteiger charge is 2.37. The van der Waals surface area contributed by atoms with Crippen molar-refractivity contribution in [2.45, 2.75) is 24.8 Å². The first-order valence-corrected chi connectivity index (χ1v) is 9.94. The number of nitrogens with zero attached hydrogens (tertiary/aromatic N) is 1. The lowest BCUT2D eigenvalue weighted by atomic mass is 9.72. The molecule has 1 aliphatic rings. The number of rotatable bonds is 4. The number of ether oxygens (including phenoxy) is 1. The monoisotopic (exact) mass is 386 g/mol. The largest absolute Gasteiger partial charge is 0.457 e. The van der Waals surface area contributed by atoms with Crippen LogP contribution in [-0.2, 0) is 0 Å². The topological polar surface area (TPSA) is 41.6 Å². The maximum absolute atomic E-state index is 12.5. The Labute approximate surface area is 172 Å². The molecule has 0 bridgehead atoms. The molecule has 29 heavy (non-hydrogen) atoms. The quantitative estimate of drug-likeness (QED) is 0.655. The van der Waals surface area contributed by atoms with Crippen LogP contribution in [-0.4, -0.2) is 31.1 Å². The predicted octanol–water partition coefficient (Wildman–Crippen LogP) is 5.37. The van der Waals surface area contributed by atoms with Crippen molar-refractivity contribution in [1.82, 2.24) is 10.2 Å². The number of benzene rings is 3. The first-order valence-electron chi connectivity index (χ1n) is 9.94. The number of urea groups is 1. The molecule has 0 unspecified atom stereocenters. The molecule has 4 heteroatoms. The third kappa shape index (κ3) is 3.70. The van der Waals surface area contributed by atoms with Gasteiger partial charge < -0.3 is 15.0 Å². The van der Waals surface area contributed by atoms with Gasteiger partial charge in [0.15, 0.2) is 0 Å². The molecule has 1 aliphatic heterocycles. The van der Waals surface area contributed by atoms with E-state index in [4.69, 9.17) is 4.74 Å². The SMILES string of the molecule is C[C@@H](NC(=O)N(C)C)[C@@H](c1ccccc1)C1c2ccccc2Oc2ccccc21. The molecule has 4 nitrogen and oxygen atoms in total. The van der Waals surface area contributed by atoms with E-state index in [0.29, 0.717) is 0 Å². The van der Waals surface area contributed by atoms with Gasteiger partial charge in [-0.3, -0.25) is 0 Å². The van der Waals surface area contributed by atoms with Crippen molar-refractivity contribution in [1.29, 1.82) is 0 Å². The van der Waals surface area contributed by atoms with Gasteiger partial charge in [0.1, 0.15) is 11.5 Å². The molecular weight excluding hydrogens is 360 g/mol. The van der Waals surface area contributed by atoms with Crippen LogP contribution in [0.25, 0.3) is 0 Å². The number of carbonyl (C=O) groups is 1. The van der Waals surface area contributed by atoms with Gasteiger partial charge in [-0.2, -0.15) is 0 Å². The van der Waals surface area contributed by atoms with Gasteiger partial charge in [0.25, 0.3) is 0 Å². The number of hydrogen-bond acceptors (Lipinski definition) is 2. The summed E-state index contributed by atoms with van der Waals surface area (Å²) in [6.07, 6.45) is 0. The molecule has 148 valence electrons. The summed E-state index contributed by atoms with van der Waals surface area (Å²) in [6.45, 7) is 2.08. The number of fused-ring (bicyclic) bond motifs is 2. The summed E-state index contributed by atoms with van der Waals surface area (Å²) < 4.78 is 6.20. The molecule has 0 aliphatic carbocycles. The van der Waals surface area contributed by atoms with E-state index in [0.717, 1.165) is 22.6 Å². The van der Waals surface area contributed by atoms with Crippen molar-refractivity contribution in [2.24, 2.45) is 0 Å². The summed E-state index contributed by atoms with van der Waals surface area (Å²) in [4.78, 5) is 14.0. The van der Waals surface area contributed by atoms with Gasteiger partial charge >= 0.3 is 6.03 Å².